The number of fused-ring (bicyclic) bond motifs is 2. The van der Waals surface area contributed by atoms with Crippen molar-refractivity contribution in [1.29, 1.82) is 0 Å². The second kappa shape index (κ2) is 6.22. The molecule has 0 bridgehead atoms. The van der Waals surface area contributed by atoms with Gasteiger partial charge in [0.25, 0.3) is 0 Å². The van der Waals surface area contributed by atoms with Gasteiger partial charge in [0.1, 0.15) is 30.3 Å². The fourth-order valence-corrected chi connectivity index (χ4v) is 6.18. The highest BCUT2D eigenvalue weighted by Crippen LogP contribution is 2.59. The van der Waals surface area contributed by atoms with Gasteiger partial charge in [0, 0.05) is 6.42 Å². The zero-order chi connectivity index (χ0) is 17.8. The van der Waals surface area contributed by atoms with Gasteiger partial charge < -0.3 is 24.0 Å². The molecule has 0 radical (unpaired) electrons. The molecule has 2 aromatic heterocycles. The van der Waals surface area contributed by atoms with Crippen LogP contribution < -0.4 is 5.73 Å². The van der Waals surface area contributed by atoms with Gasteiger partial charge in [-0.2, -0.15) is 0 Å². The number of anilines is 1. The molecule has 2 aliphatic rings. The summed E-state index contributed by atoms with van der Waals surface area (Å²) < 4.78 is 25.6. The van der Waals surface area contributed by atoms with Crippen LogP contribution >= 0.6 is 6.72 Å². The van der Waals surface area contributed by atoms with E-state index in [1.54, 1.807) is 6.33 Å². The van der Waals surface area contributed by atoms with Gasteiger partial charge in [-0.3, -0.25) is 4.57 Å². The van der Waals surface area contributed by atoms with E-state index in [2.05, 4.69) is 15.0 Å². The molecule has 2 aliphatic heterocycles. The van der Waals surface area contributed by atoms with E-state index < -0.39 is 6.72 Å². The van der Waals surface area contributed by atoms with Crippen molar-refractivity contribution in [2.75, 3.05) is 5.73 Å². The van der Waals surface area contributed by atoms with E-state index in [-0.39, 0.29) is 30.6 Å². The Morgan fingerprint density at radius 1 is 1.36 bits per heavy atom. The third kappa shape index (κ3) is 3.07. The van der Waals surface area contributed by atoms with Crippen LogP contribution in [0.15, 0.2) is 12.7 Å². The number of aromatic nitrogens is 4. The zero-order valence-electron chi connectivity index (χ0n) is 14.1. The van der Waals surface area contributed by atoms with Gasteiger partial charge in [0.05, 0.1) is 18.5 Å². The first-order valence-electron chi connectivity index (χ1n) is 8.10. The first kappa shape index (κ1) is 17.3. The summed E-state index contributed by atoms with van der Waals surface area (Å²) >= 11 is 5.50. The molecule has 0 saturated carbocycles. The largest absolute Gasteiger partial charge is 0.382 e. The third-order valence-corrected chi connectivity index (χ3v) is 6.75. The van der Waals surface area contributed by atoms with Crippen LogP contribution in [0.1, 0.15) is 33.4 Å². The van der Waals surface area contributed by atoms with E-state index >= 15 is 0 Å². The molecule has 5 atom stereocenters. The Kier molecular flexibility index (Phi) is 4.30. The van der Waals surface area contributed by atoms with E-state index in [0.29, 0.717) is 23.4 Å². The third-order valence-electron chi connectivity index (χ3n) is 4.17. The maximum Gasteiger partial charge on any atom is 0.328 e. The Labute approximate surface area is 150 Å². The van der Waals surface area contributed by atoms with Crippen molar-refractivity contribution in [3.63, 3.8) is 0 Å². The smallest absolute Gasteiger partial charge is 0.328 e. The molecule has 0 aromatic carbocycles. The van der Waals surface area contributed by atoms with Gasteiger partial charge in [-0.25, -0.2) is 15.0 Å². The molecule has 4 rings (SSSR count). The van der Waals surface area contributed by atoms with Crippen LogP contribution in [0.3, 0.4) is 0 Å². The minimum absolute atomic E-state index is 0.0648. The summed E-state index contributed by atoms with van der Waals surface area (Å²) in [7, 11) is 0. The second-order valence-electron chi connectivity index (χ2n) is 6.43. The van der Waals surface area contributed by atoms with E-state index in [0.717, 1.165) is 0 Å². The van der Waals surface area contributed by atoms with Crippen molar-refractivity contribution in [3.05, 3.63) is 12.7 Å². The van der Waals surface area contributed by atoms with Gasteiger partial charge in [0.2, 0.25) is 0 Å². The molecule has 0 amide bonds. The topological polar surface area (TPSA) is 107 Å². The number of hydrogen-bond donors (Lipinski definition) is 1. The van der Waals surface area contributed by atoms with E-state index in [9.17, 15) is 0 Å². The molecule has 25 heavy (non-hydrogen) atoms. The predicted octanol–water partition coefficient (Wildman–Crippen LogP) is 2.15. The second-order valence-corrected chi connectivity index (χ2v) is 9.30. The first-order chi connectivity index (χ1) is 11.9. The standard InChI is InChI=1S/C14H20N5O4PS/c1-7(2)21-24(25)22-8(3)12-9(23-24)4-10(20-12)19-6-18-11-13(15)16-5-17-14(11)19/h5-10,12H,4H2,1-3H3,(H2,15,16,17). The van der Waals surface area contributed by atoms with Gasteiger partial charge in [-0.15, -0.1) is 0 Å². The van der Waals surface area contributed by atoms with Crippen molar-refractivity contribution in [3.8, 4) is 0 Å². The fraction of sp³-hybridized carbons (Fsp3) is 0.643. The number of rotatable bonds is 3. The van der Waals surface area contributed by atoms with Crippen LogP contribution in [0.2, 0.25) is 0 Å². The van der Waals surface area contributed by atoms with Gasteiger partial charge in [-0.05, 0) is 32.6 Å². The lowest BCUT2D eigenvalue weighted by Gasteiger charge is -2.37. The molecule has 136 valence electrons. The summed E-state index contributed by atoms with van der Waals surface area (Å²) in [5.74, 6) is 0.341. The molecule has 2 N–H and O–H groups in total. The van der Waals surface area contributed by atoms with E-state index in [4.69, 9.17) is 35.8 Å². The molecule has 9 nitrogen and oxygen atoms in total. The van der Waals surface area contributed by atoms with Crippen molar-refractivity contribution >= 4 is 35.5 Å². The van der Waals surface area contributed by atoms with Crippen LogP contribution in [0, 0.1) is 0 Å². The highest BCUT2D eigenvalue weighted by molar-refractivity contribution is 8.07. The lowest BCUT2D eigenvalue weighted by Crippen LogP contribution is -2.40. The lowest BCUT2D eigenvalue weighted by molar-refractivity contribution is -0.0956. The van der Waals surface area contributed by atoms with Crippen molar-refractivity contribution < 1.29 is 18.3 Å². The van der Waals surface area contributed by atoms with Crippen LogP contribution in [-0.2, 0) is 30.1 Å². The van der Waals surface area contributed by atoms with Gasteiger partial charge >= 0.3 is 6.72 Å². The number of nitrogens with zero attached hydrogens (tertiary/aromatic N) is 4. The number of nitrogens with two attached hydrogens (primary N) is 1. The average molecular weight is 385 g/mol. The summed E-state index contributed by atoms with van der Waals surface area (Å²) in [6, 6.07) is 0. The number of hydrogen-bond acceptors (Lipinski definition) is 9. The Balaban J connectivity index is 1.60. The highest BCUT2D eigenvalue weighted by Gasteiger charge is 2.49. The number of imidazole rings is 1. The first-order valence-corrected chi connectivity index (χ1v) is 10.7. The summed E-state index contributed by atoms with van der Waals surface area (Å²) in [5.41, 5.74) is 7.03. The molecule has 4 heterocycles. The van der Waals surface area contributed by atoms with E-state index in [1.165, 1.54) is 6.33 Å². The number of ether oxygens (including phenoxy) is 1. The Morgan fingerprint density at radius 2 is 2.16 bits per heavy atom. The average Bonchev–Trinajstić information content (AvgIpc) is 3.10. The summed E-state index contributed by atoms with van der Waals surface area (Å²) in [4.78, 5) is 12.5. The van der Waals surface area contributed by atoms with Crippen molar-refractivity contribution in [2.45, 2.75) is 57.8 Å². The molecule has 2 saturated heterocycles. The maximum atomic E-state index is 6.16. The molecular formula is C14H20N5O4PS. The van der Waals surface area contributed by atoms with Crippen LogP contribution in [-0.4, -0.2) is 43.9 Å². The summed E-state index contributed by atoms with van der Waals surface area (Å²) in [6.07, 6.45) is 2.67. The summed E-state index contributed by atoms with van der Waals surface area (Å²) in [5, 5.41) is 0. The molecule has 2 aromatic rings. The lowest BCUT2D eigenvalue weighted by atomic mass is 10.1. The Hall–Kier alpha value is -1.16. The predicted molar refractivity (Wildman–Crippen MR) is 94.2 cm³/mol. The maximum absolute atomic E-state index is 6.16. The minimum atomic E-state index is -2.77. The SMILES string of the molecule is CC(C)OP1(=S)OC(C)C2OC(n3cnc4c(N)ncnc43)CC2O1. The van der Waals surface area contributed by atoms with E-state index in [1.807, 2.05) is 25.3 Å². The molecule has 0 aliphatic carbocycles. The van der Waals surface area contributed by atoms with Crippen molar-refractivity contribution in [1.82, 2.24) is 19.5 Å². The zero-order valence-corrected chi connectivity index (χ0v) is 15.8. The minimum Gasteiger partial charge on any atom is -0.382 e. The quantitative estimate of drug-likeness (QED) is 0.795. The fourth-order valence-electron chi connectivity index (χ4n) is 3.20. The molecule has 0 spiro atoms. The molecular weight excluding hydrogens is 365 g/mol. The van der Waals surface area contributed by atoms with Crippen LogP contribution in [0.4, 0.5) is 5.82 Å². The van der Waals surface area contributed by atoms with Crippen molar-refractivity contribution in [2.24, 2.45) is 0 Å². The van der Waals surface area contributed by atoms with Gasteiger partial charge in [-0.1, -0.05) is 0 Å². The van der Waals surface area contributed by atoms with Gasteiger partial charge in [0.15, 0.2) is 11.5 Å². The molecule has 2 fully saturated rings. The highest BCUT2D eigenvalue weighted by atomic mass is 32.5. The molecule has 5 unspecified atom stereocenters. The Bertz CT molecular complexity index is 846. The van der Waals surface area contributed by atoms with Crippen LogP contribution in [0.5, 0.6) is 0 Å². The molecule has 11 heteroatoms. The Morgan fingerprint density at radius 3 is 2.92 bits per heavy atom. The monoisotopic (exact) mass is 385 g/mol. The number of nitrogen functional groups attached to an aromatic ring is 1. The van der Waals surface area contributed by atoms with Crippen LogP contribution in [0.25, 0.3) is 11.2 Å². The summed E-state index contributed by atoms with van der Waals surface area (Å²) in [6.45, 7) is 2.98. The normalized spacial score (nSPS) is 35.4.